The number of carbonyl (C=O) groups is 1. The predicted octanol–water partition coefficient (Wildman–Crippen LogP) is 2.51. The summed E-state index contributed by atoms with van der Waals surface area (Å²) in [6.45, 7) is 3.70. The van der Waals surface area contributed by atoms with E-state index < -0.39 is 0 Å². The summed E-state index contributed by atoms with van der Waals surface area (Å²) >= 11 is 1.77. The molecule has 110 valence electrons. The molecule has 2 N–H and O–H groups in total. The third-order valence-electron chi connectivity index (χ3n) is 5.17. The standard InChI is InChI=1S/C16H24N2OS/c1-2-18(8-7-13-4-3-9-20-13)16(19)14-11-5-6-12(10-11)15(14)17/h3-4,9,11-12,14-15H,2,5-8,10,17H2,1H3. The third kappa shape index (κ3) is 2.51. The van der Waals surface area contributed by atoms with Crippen LogP contribution < -0.4 is 5.73 Å². The summed E-state index contributed by atoms with van der Waals surface area (Å²) in [5.74, 6) is 1.56. The molecule has 0 spiro atoms. The minimum Gasteiger partial charge on any atom is -0.342 e. The van der Waals surface area contributed by atoms with Crippen LogP contribution in [-0.2, 0) is 11.2 Å². The van der Waals surface area contributed by atoms with E-state index in [-0.39, 0.29) is 12.0 Å². The molecule has 4 heteroatoms. The van der Waals surface area contributed by atoms with Gasteiger partial charge in [0.15, 0.2) is 0 Å². The molecule has 1 amide bonds. The van der Waals surface area contributed by atoms with E-state index in [1.54, 1.807) is 11.3 Å². The van der Waals surface area contributed by atoms with E-state index in [0.717, 1.165) is 19.5 Å². The molecule has 4 unspecified atom stereocenters. The first-order valence-electron chi connectivity index (χ1n) is 7.77. The van der Waals surface area contributed by atoms with Crippen molar-refractivity contribution < 1.29 is 4.79 Å². The van der Waals surface area contributed by atoms with E-state index in [1.165, 1.54) is 24.1 Å². The summed E-state index contributed by atoms with van der Waals surface area (Å²) in [6.07, 6.45) is 4.58. The van der Waals surface area contributed by atoms with Crippen LogP contribution in [0.3, 0.4) is 0 Å². The normalized spacial score (nSPS) is 31.7. The average molecular weight is 292 g/mol. The van der Waals surface area contributed by atoms with Crippen molar-refractivity contribution >= 4 is 17.2 Å². The monoisotopic (exact) mass is 292 g/mol. The van der Waals surface area contributed by atoms with Gasteiger partial charge in [0.05, 0.1) is 5.92 Å². The number of hydrogen-bond acceptors (Lipinski definition) is 3. The van der Waals surface area contributed by atoms with Gasteiger partial charge in [0, 0.05) is 24.0 Å². The van der Waals surface area contributed by atoms with Gasteiger partial charge < -0.3 is 10.6 Å². The van der Waals surface area contributed by atoms with Gasteiger partial charge in [0.25, 0.3) is 0 Å². The van der Waals surface area contributed by atoms with Crippen molar-refractivity contribution in [3.63, 3.8) is 0 Å². The summed E-state index contributed by atoms with van der Waals surface area (Å²) < 4.78 is 0. The second kappa shape index (κ2) is 5.86. The Kier molecular flexibility index (Phi) is 4.13. The Bertz CT molecular complexity index is 457. The van der Waals surface area contributed by atoms with Gasteiger partial charge in [-0.25, -0.2) is 0 Å². The molecule has 0 aromatic carbocycles. The van der Waals surface area contributed by atoms with E-state index in [4.69, 9.17) is 5.73 Å². The molecule has 4 atom stereocenters. The minimum absolute atomic E-state index is 0.0945. The van der Waals surface area contributed by atoms with Crippen molar-refractivity contribution in [3.05, 3.63) is 22.4 Å². The molecule has 0 radical (unpaired) electrons. The number of amides is 1. The van der Waals surface area contributed by atoms with Gasteiger partial charge in [0.2, 0.25) is 5.91 Å². The fourth-order valence-electron chi connectivity index (χ4n) is 4.04. The second-order valence-corrected chi connectivity index (χ2v) is 7.22. The van der Waals surface area contributed by atoms with Crippen molar-refractivity contribution in [2.24, 2.45) is 23.5 Å². The van der Waals surface area contributed by atoms with Crippen molar-refractivity contribution in [3.8, 4) is 0 Å². The largest absolute Gasteiger partial charge is 0.342 e. The summed E-state index contributed by atoms with van der Waals surface area (Å²) in [6, 6.07) is 4.33. The molecule has 1 heterocycles. The van der Waals surface area contributed by atoms with Gasteiger partial charge in [-0.05, 0) is 55.9 Å². The lowest BCUT2D eigenvalue weighted by Gasteiger charge is -2.32. The first-order chi connectivity index (χ1) is 9.70. The maximum atomic E-state index is 12.8. The molecule has 2 saturated carbocycles. The Balaban J connectivity index is 1.62. The Hall–Kier alpha value is -0.870. The molecule has 3 rings (SSSR count). The number of fused-ring (bicyclic) bond motifs is 2. The van der Waals surface area contributed by atoms with E-state index in [2.05, 4.69) is 24.4 Å². The topological polar surface area (TPSA) is 46.3 Å². The maximum Gasteiger partial charge on any atom is 0.227 e. The fourth-order valence-corrected chi connectivity index (χ4v) is 4.74. The summed E-state index contributed by atoms with van der Waals surface area (Å²) in [5.41, 5.74) is 6.30. The highest BCUT2D eigenvalue weighted by Gasteiger charge is 2.49. The molecule has 0 aliphatic heterocycles. The molecule has 2 aliphatic rings. The first-order valence-corrected chi connectivity index (χ1v) is 8.65. The van der Waals surface area contributed by atoms with Crippen LogP contribution in [0.25, 0.3) is 0 Å². The lowest BCUT2D eigenvalue weighted by Crippen LogP contribution is -2.47. The van der Waals surface area contributed by atoms with Crippen LogP contribution in [0.4, 0.5) is 0 Å². The van der Waals surface area contributed by atoms with Crippen molar-refractivity contribution in [1.29, 1.82) is 0 Å². The highest BCUT2D eigenvalue weighted by Crippen LogP contribution is 2.48. The lowest BCUT2D eigenvalue weighted by atomic mass is 9.84. The number of carbonyl (C=O) groups excluding carboxylic acids is 1. The van der Waals surface area contributed by atoms with Gasteiger partial charge in [-0.2, -0.15) is 0 Å². The van der Waals surface area contributed by atoms with Gasteiger partial charge in [-0.3, -0.25) is 4.79 Å². The number of rotatable bonds is 5. The van der Waals surface area contributed by atoms with E-state index in [9.17, 15) is 4.79 Å². The van der Waals surface area contributed by atoms with Gasteiger partial charge in [-0.15, -0.1) is 11.3 Å². The SMILES string of the molecule is CCN(CCc1cccs1)C(=O)C1C2CCC(C2)C1N. The Morgan fingerprint density at radius 3 is 2.85 bits per heavy atom. The Morgan fingerprint density at radius 1 is 1.45 bits per heavy atom. The highest BCUT2D eigenvalue weighted by atomic mass is 32.1. The minimum atomic E-state index is 0.0945. The van der Waals surface area contributed by atoms with Gasteiger partial charge >= 0.3 is 0 Å². The number of hydrogen-bond donors (Lipinski definition) is 1. The number of nitrogens with zero attached hydrogens (tertiary/aromatic N) is 1. The molecule has 2 fully saturated rings. The Morgan fingerprint density at radius 2 is 2.25 bits per heavy atom. The molecule has 0 saturated heterocycles. The van der Waals surface area contributed by atoms with Crippen LogP contribution in [0.15, 0.2) is 17.5 Å². The predicted molar refractivity (Wildman–Crippen MR) is 82.6 cm³/mol. The van der Waals surface area contributed by atoms with E-state index in [0.29, 0.717) is 17.7 Å². The molecule has 3 nitrogen and oxygen atoms in total. The van der Waals surface area contributed by atoms with E-state index in [1.807, 2.05) is 4.90 Å². The van der Waals surface area contributed by atoms with Crippen molar-refractivity contribution in [1.82, 2.24) is 4.90 Å². The molecule has 1 aromatic rings. The van der Waals surface area contributed by atoms with Crippen LogP contribution >= 0.6 is 11.3 Å². The molecule has 2 aliphatic carbocycles. The van der Waals surface area contributed by atoms with E-state index >= 15 is 0 Å². The molecule has 20 heavy (non-hydrogen) atoms. The number of likely N-dealkylation sites (N-methyl/N-ethyl adjacent to an activating group) is 1. The number of nitrogens with two attached hydrogens (primary N) is 1. The smallest absolute Gasteiger partial charge is 0.227 e. The summed E-state index contributed by atoms with van der Waals surface area (Å²) in [4.78, 5) is 16.2. The zero-order chi connectivity index (χ0) is 14.1. The Labute approximate surface area is 125 Å². The molecule has 2 bridgehead atoms. The zero-order valence-electron chi connectivity index (χ0n) is 12.1. The zero-order valence-corrected chi connectivity index (χ0v) is 12.9. The van der Waals surface area contributed by atoms with Gasteiger partial charge in [-0.1, -0.05) is 6.07 Å². The molecule has 1 aromatic heterocycles. The van der Waals surface area contributed by atoms with Crippen molar-refractivity contribution in [2.75, 3.05) is 13.1 Å². The average Bonchev–Trinajstić information content (AvgIpc) is 3.15. The molecular formula is C16H24N2OS. The third-order valence-corrected chi connectivity index (χ3v) is 6.10. The molecular weight excluding hydrogens is 268 g/mol. The highest BCUT2D eigenvalue weighted by molar-refractivity contribution is 7.09. The first kappa shape index (κ1) is 14.1. The fraction of sp³-hybridized carbons (Fsp3) is 0.688. The lowest BCUT2D eigenvalue weighted by molar-refractivity contribution is -0.137. The summed E-state index contributed by atoms with van der Waals surface area (Å²) in [5, 5.41) is 2.10. The number of thiophene rings is 1. The van der Waals surface area contributed by atoms with Crippen LogP contribution in [0.5, 0.6) is 0 Å². The van der Waals surface area contributed by atoms with Crippen LogP contribution in [0.1, 0.15) is 31.1 Å². The maximum absolute atomic E-state index is 12.8. The second-order valence-electron chi connectivity index (χ2n) is 6.18. The summed E-state index contributed by atoms with van der Waals surface area (Å²) in [7, 11) is 0. The van der Waals surface area contributed by atoms with Crippen LogP contribution in [-0.4, -0.2) is 29.9 Å². The quantitative estimate of drug-likeness (QED) is 0.906. The van der Waals surface area contributed by atoms with Gasteiger partial charge in [0.1, 0.15) is 0 Å². The van der Waals surface area contributed by atoms with Crippen molar-refractivity contribution in [2.45, 2.75) is 38.6 Å². The van der Waals surface area contributed by atoms with Crippen LogP contribution in [0, 0.1) is 17.8 Å². The van der Waals surface area contributed by atoms with Crippen LogP contribution in [0.2, 0.25) is 0 Å².